The minimum absolute atomic E-state index is 0.557. The lowest BCUT2D eigenvalue weighted by Crippen LogP contribution is -2.23. The van der Waals surface area contributed by atoms with Gasteiger partial charge in [-0.05, 0) is 48.9 Å². The number of benzene rings is 1. The van der Waals surface area contributed by atoms with Crippen LogP contribution in [0.3, 0.4) is 0 Å². The summed E-state index contributed by atoms with van der Waals surface area (Å²) in [6.07, 6.45) is 6.90. The van der Waals surface area contributed by atoms with Gasteiger partial charge in [0.15, 0.2) is 0 Å². The second-order valence-electron chi connectivity index (χ2n) is 5.73. The third-order valence-electron chi connectivity index (χ3n) is 4.31. The Labute approximate surface area is 111 Å². The lowest BCUT2D eigenvalue weighted by Gasteiger charge is -2.30. The van der Waals surface area contributed by atoms with Gasteiger partial charge in [-0.2, -0.15) is 0 Å². The maximum atomic E-state index is 6.02. The smallest absolute Gasteiger partial charge is 0.0361 e. The van der Waals surface area contributed by atoms with Crippen LogP contribution in [0.5, 0.6) is 0 Å². The molecule has 2 rings (SSSR count). The molecular weight excluding hydrogens is 220 g/mol. The molecule has 0 amide bonds. The molecule has 1 saturated carbocycles. The Hall–Kier alpha value is -1.02. The standard InChI is InChI=1S/C16H26N2/c1-18(2)15-10-8-14(9-11-15)16(12-17)13-6-4-3-5-7-13/h8-11,13,16H,3-7,12,17H2,1-2H3. The fraction of sp³-hybridized carbons (Fsp3) is 0.625. The Kier molecular flexibility index (Phi) is 4.65. The Morgan fingerprint density at radius 1 is 1.11 bits per heavy atom. The molecule has 1 aromatic rings. The molecule has 1 aromatic carbocycles. The van der Waals surface area contributed by atoms with Crippen molar-refractivity contribution >= 4 is 5.69 Å². The predicted molar refractivity (Wildman–Crippen MR) is 79.1 cm³/mol. The van der Waals surface area contributed by atoms with Gasteiger partial charge in [-0.1, -0.05) is 31.4 Å². The van der Waals surface area contributed by atoms with Gasteiger partial charge in [0.2, 0.25) is 0 Å². The minimum Gasteiger partial charge on any atom is -0.378 e. The SMILES string of the molecule is CN(C)c1ccc(C(CN)C2CCCCC2)cc1. The second kappa shape index (κ2) is 6.24. The van der Waals surface area contributed by atoms with E-state index in [-0.39, 0.29) is 0 Å². The molecule has 2 heteroatoms. The van der Waals surface area contributed by atoms with Crippen LogP contribution in [0.2, 0.25) is 0 Å². The molecule has 1 fully saturated rings. The molecule has 0 saturated heterocycles. The number of nitrogens with zero attached hydrogens (tertiary/aromatic N) is 1. The highest BCUT2D eigenvalue weighted by atomic mass is 15.1. The molecular formula is C16H26N2. The van der Waals surface area contributed by atoms with Crippen molar-refractivity contribution in [2.75, 3.05) is 25.5 Å². The molecule has 18 heavy (non-hydrogen) atoms. The molecule has 0 heterocycles. The van der Waals surface area contributed by atoms with Crippen molar-refractivity contribution in [3.63, 3.8) is 0 Å². The van der Waals surface area contributed by atoms with Crippen LogP contribution in [0.15, 0.2) is 24.3 Å². The first-order valence-corrected chi connectivity index (χ1v) is 7.19. The first-order chi connectivity index (χ1) is 8.72. The molecule has 0 bridgehead atoms. The third kappa shape index (κ3) is 3.05. The number of nitrogens with two attached hydrogens (primary N) is 1. The Morgan fingerprint density at radius 3 is 2.22 bits per heavy atom. The average molecular weight is 246 g/mol. The lowest BCUT2D eigenvalue weighted by atomic mass is 9.77. The minimum atomic E-state index is 0.557. The predicted octanol–water partition coefficient (Wildman–Crippen LogP) is 3.38. The number of anilines is 1. The van der Waals surface area contributed by atoms with Crippen LogP contribution < -0.4 is 10.6 Å². The van der Waals surface area contributed by atoms with Gasteiger partial charge < -0.3 is 10.6 Å². The highest BCUT2D eigenvalue weighted by molar-refractivity contribution is 5.46. The largest absolute Gasteiger partial charge is 0.378 e. The van der Waals surface area contributed by atoms with E-state index >= 15 is 0 Å². The van der Waals surface area contributed by atoms with Gasteiger partial charge in [-0.25, -0.2) is 0 Å². The van der Waals surface area contributed by atoms with Crippen molar-refractivity contribution in [2.24, 2.45) is 11.7 Å². The Morgan fingerprint density at radius 2 is 1.72 bits per heavy atom. The van der Waals surface area contributed by atoms with Gasteiger partial charge in [-0.15, -0.1) is 0 Å². The highest BCUT2D eigenvalue weighted by Crippen LogP contribution is 2.35. The second-order valence-corrected chi connectivity index (χ2v) is 5.73. The number of hydrogen-bond donors (Lipinski definition) is 1. The van der Waals surface area contributed by atoms with E-state index in [0.717, 1.165) is 12.5 Å². The quantitative estimate of drug-likeness (QED) is 0.882. The van der Waals surface area contributed by atoms with E-state index in [1.807, 2.05) is 0 Å². The molecule has 1 aliphatic rings. The van der Waals surface area contributed by atoms with Crippen LogP contribution in [0.4, 0.5) is 5.69 Å². The summed E-state index contributed by atoms with van der Waals surface area (Å²) in [6.45, 7) is 0.784. The monoisotopic (exact) mass is 246 g/mol. The number of hydrogen-bond acceptors (Lipinski definition) is 2. The van der Waals surface area contributed by atoms with Crippen molar-refractivity contribution in [3.8, 4) is 0 Å². The summed E-state index contributed by atoms with van der Waals surface area (Å²) in [5.41, 5.74) is 8.71. The normalized spacial score (nSPS) is 18.6. The zero-order chi connectivity index (χ0) is 13.0. The number of rotatable bonds is 4. The van der Waals surface area contributed by atoms with E-state index in [9.17, 15) is 0 Å². The first-order valence-electron chi connectivity index (χ1n) is 7.19. The summed E-state index contributed by atoms with van der Waals surface area (Å²) in [4.78, 5) is 2.14. The van der Waals surface area contributed by atoms with Crippen LogP contribution in [0, 0.1) is 5.92 Å². The van der Waals surface area contributed by atoms with Gasteiger partial charge in [0, 0.05) is 19.8 Å². The van der Waals surface area contributed by atoms with Crippen LogP contribution in [0.25, 0.3) is 0 Å². The fourth-order valence-corrected chi connectivity index (χ4v) is 3.16. The third-order valence-corrected chi connectivity index (χ3v) is 4.31. The van der Waals surface area contributed by atoms with Crippen molar-refractivity contribution in [3.05, 3.63) is 29.8 Å². The molecule has 1 unspecified atom stereocenters. The summed E-state index contributed by atoms with van der Waals surface area (Å²) < 4.78 is 0. The molecule has 0 spiro atoms. The summed E-state index contributed by atoms with van der Waals surface area (Å²) in [7, 11) is 4.16. The summed E-state index contributed by atoms with van der Waals surface area (Å²) >= 11 is 0. The summed E-state index contributed by atoms with van der Waals surface area (Å²) in [5.74, 6) is 1.36. The van der Waals surface area contributed by atoms with E-state index in [1.54, 1.807) is 0 Å². The van der Waals surface area contributed by atoms with Crippen molar-refractivity contribution in [1.82, 2.24) is 0 Å². The Balaban J connectivity index is 2.11. The highest BCUT2D eigenvalue weighted by Gasteiger charge is 2.23. The average Bonchev–Trinajstić information content (AvgIpc) is 2.41. The molecule has 100 valence electrons. The molecule has 0 radical (unpaired) electrons. The van der Waals surface area contributed by atoms with E-state index in [2.05, 4.69) is 43.3 Å². The zero-order valence-corrected chi connectivity index (χ0v) is 11.7. The van der Waals surface area contributed by atoms with Crippen LogP contribution >= 0.6 is 0 Å². The van der Waals surface area contributed by atoms with E-state index < -0.39 is 0 Å². The Bertz CT molecular complexity index is 350. The van der Waals surface area contributed by atoms with E-state index in [1.165, 1.54) is 43.4 Å². The van der Waals surface area contributed by atoms with Crippen LogP contribution in [-0.4, -0.2) is 20.6 Å². The van der Waals surface area contributed by atoms with Crippen LogP contribution in [0.1, 0.15) is 43.6 Å². The molecule has 0 aliphatic heterocycles. The van der Waals surface area contributed by atoms with E-state index in [4.69, 9.17) is 5.73 Å². The summed E-state index contributed by atoms with van der Waals surface area (Å²) in [6, 6.07) is 8.95. The molecule has 2 nitrogen and oxygen atoms in total. The first kappa shape index (κ1) is 13.4. The molecule has 2 N–H and O–H groups in total. The zero-order valence-electron chi connectivity index (χ0n) is 11.7. The van der Waals surface area contributed by atoms with Gasteiger partial charge in [0.25, 0.3) is 0 Å². The maximum absolute atomic E-state index is 6.02. The maximum Gasteiger partial charge on any atom is 0.0361 e. The molecule has 1 atom stereocenters. The summed E-state index contributed by atoms with van der Waals surface area (Å²) in [5, 5.41) is 0. The fourth-order valence-electron chi connectivity index (χ4n) is 3.16. The van der Waals surface area contributed by atoms with E-state index in [0.29, 0.717) is 5.92 Å². The van der Waals surface area contributed by atoms with Gasteiger partial charge in [0.1, 0.15) is 0 Å². The molecule has 1 aliphatic carbocycles. The van der Waals surface area contributed by atoms with Gasteiger partial charge in [-0.3, -0.25) is 0 Å². The van der Waals surface area contributed by atoms with Crippen LogP contribution in [-0.2, 0) is 0 Å². The topological polar surface area (TPSA) is 29.3 Å². The van der Waals surface area contributed by atoms with Crippen molar-refractivity contribution in [2.45, 2.75) is 38.0 Å². The van der Waals surface area contributed by atoms with Gasteiger partial charge >= 0.3 is 0 Å². The van der Waals surface area contributed by atoms with Crippen molar-refractivity contribution in [1.29, 1.82) is 0 Å². The van der Waals surface area contributed by atoms with Crippen molar-refractivity contribution < 1.29 is 0 Å². The molecule has 0 aromatic heterocycles. The lowest BCUT2D eigenvalue weighted by molar-refractivity contribution is 0.307. The van der Waals surface area contributed by atoms with Gasteiger partial charge in [0.05, 0.1) is 0 Å².